The molecule has 1 aliphatic heterocycles. The molecular weight excluding hydrogens is 496 g/mol. The first-order valence-corrected chi connectivity index (χ1v) is 10.1. The van der Waals surface area contributed by atoms with E-state index in [9.17, 15) is 4.39 Å². The lowest BCUT2D eigenvalue weighted by Crippen LogP contribution is -2.44. The van der Waals surface area contributed by atoms with E-state index in [4.69, 9.17) is 4.74 Å². The zero-order valence-corrected chi connectivity index (χ0v) is 20.1. The van der Waals surface area contributed by atoms with Crippen LogP contribution in [0.25, 0.3) is 0 Å². The van der Waals surface area contributed by atoms with Crippen molar-refractivity contribution in [2.45, 2.75) is 32.9 Å². The summed E-state index contributed by atoms with van der Waals surface area (Å²) in [6.07, 6.45) is 2.52. The summed E-state index contributed by atoms with van der Waals surface area (Å²) >= 11 is 0. The zero-order valence-electron chi connectivity index (χ0n) is 17.8. The normalized spacial score (nSPS) is 16.4. The molecule has 0 saturated carbocycles. The van der Waals surface area contributed by atoms with Crippen molar-refractivity contribution in [1.29, 1.82) is 0 Å². The number of pyridine rings is 1. The Morgan fingerprint density at radius 2 is 2.17 bits per heavy atom. The molecule has 3 rings (SSSR count). The average Bonchev–Trinajstić information content (AvgIpc) is 3.18. The molecule has 1 aromatic heterocycles. The maximum Gasteiger partial charge on any atom is 0.191 e. The van der Waals surface area contributed by atoms with E-state index in [1.807, 2.05) is 23.1 Å². The van der Waals surface area contributed by atoms with Crippen molar-refractivity contribution in [2.75, 3.05) is 31.6 Å². The molecule has 1 atom stereocenters. The van der Waals surface area contributed by atoms with Gasteiger partial charge >= 0.3 is 0 Å². The van der Waals surface area contributed by atoms with Gasteiger partial charge in [-0.1, -0.05) is 26.0 Å². The number of ether oxygens (including phenoxy) is 1. The number of nitrogens with one attached hydrogen (secondary N) is 2. The van der Waals surface area contributed by atoms with Gasteiger partial charge in [0.2, 0.25) is 0 Å². The van der Waals surface area contributed by atoms with E-state index >= 15 is 0 Å². The van der Waals surface area contributed by atoms with Crippen LogP contribution >= 0.6 is 24.0 Å². The second kappa shape index (κ2) is 11.9. The van der Waals surface area contributed by atoms with Gasteiger partial charge in [-0.2, -0.15) is 0 Å². The molecule has 2 heterocycles. The third-order valence-electron chi connectivity index (χ3n) is 4.73. The van der Waals surface area contributed by atoms with E-state index in [0.717, 1.165) is 30.2 Å². The van der Waals surface area contributed by atoms with Crippen LogP contribution in [0.1, 0.15) is 25.8 Å². The van der Waals surface area contributed by atoms with E-state index < -0.39 is 0 Å². The Morgan fingerprint density at radius 3 is 2.90 bits per heavy atom. The molecule has 2 aromatic rings. The summed E-state index contributed by atoms with van der Waals surface area (Å²) in [7, 11) is 1.75. The number of halogens is 2. The van der Waals surface area contributed by atoms with Crippen LogP contribution in [-0.4, -0.2) is 43.7 Å². The molecule has 0 amide bonds. The molecule has 8 heteroatoms. The fraction of sp³-hybridized carbons (Fsp3) is 0.455. The van der Waals surface area contributed by atoms with E-state index in [0.29, 0.717) is 31.4 Å². The standard InChI is InChI=1S/C22H30FN5O.HI/c1-16(2)15-29-19-7-4-6-17(12-19)13-26-22(24-3)27-18-9-11-28(14-18)21-20(23)8-5-10-25-21;/h4-8,10,12,16,18H,9,11,13-15H2,1-3H3,(H2,24,26,27);1H. The lowest BCUT2D eigenvalue weighted by Gasteiger charge is -2.20. The minimum Gasteiger partial charge on any atom is -0.493 e. The Bertz CT molecular complexity index is 833. The van der Waals surface area contributed by atoms with Crippen LogP contribution in [0.5, 0.6) is 5.75 Å². The van der Waals surface area contributed by atoms with Crippen LogP contribution in [0.4, 0.5) is 10.2 Å². The third-order valence-corrected chi connectivity index (χ3v) is 4.73. The number of aliphatic imine (C=N–C) groups is 1. The monoisotopic (exact) mass is 527 g/mol. The smallest absolute Gasteiger partial charge is 0.191 e. The first-order chi connectivity index (χ1) is 14.0. The van der Waals surface area contributed by atoms with Gasteiger partial charge in [-0.15, -0.1) is 24.0 Å². The van der Waals surface area contributed by atoms with Crippen molar-refractivity contribution >= 4 is 35.8 Å². The molecule has 1 unspecified atom stereocenters. The van der Waals surface area contributed by atoms with Gasteiger partial charge in [0.25, 0.3) is 0 Å². The van der Waals surface area contributed by atoms with Gasteiger partial charge in [-0.05, 0) is 42.2 Å². The fourth-order valence-corrected chi connectivity index (χ4v) is 3.26. The van der Waals surface area contributed by atoms with Crippen LogP contribution in [0.2, 0.25) is 0 Å². The maximum atomic E-state index is 14.0. The molecule has 164 valence electrons. The highest BCUT2D eigenvalue weighted by molar-refractivity contribution is 14.0. The first-order valence-electron chi connectivity index (χ1n) is 10.1. The second-order valence-corrected chi connectivity index (χ2v) is 7.66. The Morgan fingerprint density at radius 1 is 1.33 bits per heavy atom. The minimum absolute atomic E-state index is 0. The highest BCUT2D eigenvalue weighted by Gasteiger charge is 2.25. The average molecular weight is 527 g/mol. The van der Waals surface area contributed by atoms with Crippen molar-refractivity contribution in [2.24, 2.45) is 10.9 Å². The second-order valence-electron chi connectivity index (χ2n) is 7.66. The topological polar surface area (TPSA) is 61.8 Å². The Hall–Kier alpha value is -2.10. The minimum atomic E-state index is -0.282. The van der Waals surface area contributed by atoms with Gasteiger partial charge in [-0.25, -0.2) is 9.37 Å². The van der Waals surface area contributed by atoms with Crippen molar-refractivity contribution in [3.63, 3.8) is 0 Å². The summed E-state index contributed by atoms with van der Waals surface area (Å²) in [6, 6.07) is 11.3. The number of aromatic nitrogens is 1. The fourth-order valence-electron chi connectivity index (χ4n) is 3.26. The number of anilines is 1. The first kappa shape index (κ1) is 24.2. The lowest BCUT2D eigenvalue weighted by molar-refractivity contribution is 0.271. The molecular formula is C22H31FIN5O. The predicted molar refractivity (Wildman–Crippen MR) is 130 cm³/mol. The number of benzene rings is 1. The van der Waals surface area contributed by atoms with Crippen molar-refractivity contribution in [3.05, 3.63) is 54.0 Å². The maximum absolute atomic E-state index is 14.0. The van der Waals surface area contributed by atoms with Crippen LogP contribution in [0.15, 0.2) is 47.6 Å². The van der Waals surface area contributed by atoms with E-state index in [-0.39, 0.29) is 35.8 Å². The Kier molecular flexibility index (Phi) is 9.61. The van der Waals surface area contributed by atoms with Crippen LogP contribution in [0.3, 0.4) is 0 Å². The number of hydrogen-bond donors (Lipinski definition) is 2. The van der Waals surface area contributed by atoms with Crippen LogP contribution in [0, 0.1) is 11.7 Å². The van der Waals surface area contributed by atoms with E-state index in [1.54, 1.807) is 19.3 Å². The number of hydrogen-bond acceptors (Lipinski definition) is 4. The van der Waals surface area contributed by atoms with Crippen molar-refractivity contribution in [1.82, 2.24) is 15.6 Å². The number of rotatable bonds is 7. The highest BCUT2D eigenvalue weighted by atomic mass is 127. The van der Waals surface area contributed by atoms with Crippen LogP contribution in [-0.2, 0) is 6.54 Å². The summed E-state index contributed by atoms with van der Waals surface area (Å²) < 4.78 is 19.8. The van der Waals surface area contributed by atoms with Gasteiger partial charge in [0.1, 0.15) is 5.75 Å². The Labute approximate surface area is 195 Å². The number of nitrogens with zero attached hydrogens (tertiary/aromatic N) is 3. The molecule has 0 aliphatic carbocycles. The summed E-state index contributed by atoms with van der Waals surface area (Å²) in [5.41, 5.74) is 1.12. The molecule has 30 heavy (non-hydrogen) atoms. The molecule has 0 spiro atoms. The lowest BCUT2D eigenvalue weighted by atomic mass is 10.2. The molecule has 1 aromatic carbocycles. The molecule has 1 aliphatic rings. The molecule has 1 fully saturated rings. The van der Waals surface area contributed by atoms with Crippen molar-refractivity contribution < 1.29 is 9.13 Å². The summed E-state index contributed by atoms with van der Waals surface area (Å²) in [5, 5.41) is 6.77. The molecule has 2 N–H and O–H groups in total. The predicted octanol–water partition coefficient (Wildman–Crippen LogP) is 3.82. The van der Waals surface area contributed by atoms with Crippen LogP contribution < -0.4 is 20.3 Å². The molecule has 0 bridgehead atoms. The van der Waals surface area contributed by atoms with Gasteiger partial charge in [0, 0.05) is 38.9 Å². The molecule has 1 saturated heterocycles. The summed E-state index contributed by atoms with van der Waals surface area (Å²) in [5.74, 6) is 2.23. The molecule has 6 nitrogen and oxygen atoms in total. The van der Waals surface area contributed by atoms with Crippen molar-refractivity contribution in [3.8, 4) is 5.75 Å². The van der Waals surface area contributed by atoms with Gasteiger partial charge in [0.15, 0.2) is 17.6 Å². The highest BCUT2D eigenvalue weighted by Crippen LogP contribution is 2.20. The van der Waals surface area contributed by atoms with E-state index in [2.05, 4.69) is 40.5 Å². The third kappa shape index (κ3) is 7.00. The summed E-state index contributed by atoms with van der Waals surface area (Å²) in [4.78, 5) is 10.5. The molecule has 0 radical (unpaired) electrons. The van der Waals surface area contributed by atoms with Gasteiger partial charge in [0.05, 0.1) is 6.61 Å². The SMILES string of the molecule is CN=C(NCc1cccc(OCC(C)C)c1)NC1CCN(c2ncccc2F)C1.I. The summed E-state index contributed by atoms with van der Waals surface area (Å²) in [6.45, 7) is 7.06. The quantitative estimate of drug-likeness (QED) is 0.326. The largest absolute Gasteiger partial charge is 0.493 e. The van der Waals surface area contributed by atoms with Gasteiger partial charge < -0.3 is 20.3 Å². The van der Waals surface area contributed by atoms with E-state index in [1.165, 1.54) is 6.07 Å². The number of guanidine groups is 1. The zero-order chi connectivity index (χ0) is 20.6. The Balaban J connectivity index is 0.00000320. The van der Waals surface area contributed by atoms with Gasteiger partial charge in [-0.3, -0.25) is 4.99 Å².